The molecule has 0 spiro atoms. The van der Waals surface area contributed by atoms with Crippen LogP contribution in [0, 0.1) is 0 Å². The maximum atomic E-state index is 5.57. The highest BCUT2D eigenvalue weighted by molar-refractivity contribution is 7.80. The van der Waals surface area contributed by atoms with Crippen LogP contribution in [0.25, 0.3) is 0 Å². The van der Waals surface area contributed by atoms with Crippen LogP contribution in [0.15, 0.2) is 64.8 Å². The van der Waals surface area contributed by atoms with E-state index in [0.717, 1.165) is 17.5 Å². The lowest BCUT2D eigenvalue weighted by molar-refractivity contribution is 0.976. The molecule has 5 N–H and O–H groups in total. The molecule has 0 aliphatic heterocycles. The largest absolute Gasteiger partial charge is 0.375 e. The fraction of sp³-hybridized carbons (Fsp3) is 0.158. The maximum absolute atomic E-state index is 5.57. The Balaban J connectivity index is 2.56. The molecule has 0 heterocycles. The fourth-order valence-electron chi connectivity index (χ4n) is 2.28. The molecule has 0 amide bonds. The highest BCUT2D eigenvalue weighted by atomic mass is 32.1. The molecule has 2 aromatic rings. The van der Waals surface area contributed by atoms with Crippen LogP contribution in [0.1, 0.15) is 23.6 Å². The predicted octanol–water partition coefficient (Wildman–Crippen LogP) is 2.28. The van der Waals surface area contributed by atoms with Crippen LogP contribution in [-0.4, -0.2) is 28.7 Å². The Labute approximate surface area is 169 Å². The van der Waals surface area contributed by atoms with Gasteiger partial charge in [0, 0.05) is 18.2 Å². The van der Waals surface area contributed by atoms with Crippen molar-refractivity contribution in [1.82, 2.24) is 16.2 Å². The summed E-state index contributed by atoms with van der Waals surface area (Å²) < 4.78 is 0. The fourth-order valence-corrected chi connectivity index (χ4v) is 2.37. The van der Waals surface area contributed by atoms with Gasteiger partial charge in [-0.05, 0) is 36.4 Å². The van der Waals surface area contributed by atoms with Gasteiger partial charge in [-0.25, -0.2) is 0 Å². The predicted molar refractivity (Wildman–Crippen MR) is 120 cm³/mol. The number of aryl methyl sites for hydroxylation is 1. The van der Waals surface area contributed by atoms with Gasteiger partial charge >= 0.3 is 0 Å². The van der Waals surface area contributed by atoms with Crippen molar-refractivity contribution in [3.63, 3.8) is 0 Å². The van der Waals surface area contributed by atoms with Crippen molar-refractivity contribution in [1.29, 1.82) is 0 Å². The van der Waals surface area contributed by atoms with Crippen molar-refractivity contribution in [3.05, 3.63) is 71.3 Å². The molecule has 0 radical (unpaired) electrons. The van der Waals surface area contributed by atoms with Gasteiger partial charge < -0.3 is 11.1 Å². The first-order valence-electron chi connectivity index (χ1n) is 8.38. The minimum absolute atomic E-state index is 0.0721. The summed E-state index contributed by atoms with van der Waals surface area (Å²) >= 11 is 10.0. The molecular formula is C19H22N6S2. The van der Waals surface area contributed by atoms with E-state index in [2.05, 4.69) is 45.4 Å². The summed E-state index contributed by atoms with van der Waals surface area (Å²) in [4.78, 5) is 0. The molecule has 27 heavy (non-hydrogen) atoms. The Kier molecular flexibility index (Phi) is 7.84. The third kappa shape index (κ3) is 6.12. The van der Waals surface area contributed by atoms with Crippen molar-refractivity contribution in [2.75, 3.05) is 7.05 Å². The van der Waals surface area contributed by atoms with E-state index in [4.69, 9.17) is 30.2 Å². The molecule has 0 saturated heterocycles. The average molecular weight is 399 g/mol. The number of nitrogens with one attached hydrogen (secondary N) is 3. The highest BCUT2D eigenvalue weighted by Crippen LogP contribution is 2.12. The molecule has 8 heteroatoms. The first kappa shape index (κ1) is 20.5. The lowest BCUT2D eigenvalue weighted by Crippen LogP contribution is -2.32. The zero-order valence-corrected chi connectivity index (χ0v) is 16.8. The SMILES string of the molecule is CCc1ccc(C(=N\NC(=S)NC)/C(=N/NC(N)=S)c2ccccc2)cc1. The molecule has 0 aliphatic rings. The zero-order valence-electron chi connectivity index (χ0n) is 15.2. The van der Waals surface area contributed by atoms with Gasteiger partial charge in [-0.15, -0.1) is 0 Å². The van der Waals surface area contributed by atoms with Crippen molar-refractivity contribution in [3.8, 4) is 0 Å². The maximum Gasteiger partial charge on any atom is 0.186 e. The van der Waals surface area contributed by atoms with Gasteiger partial charge in [0.05, 0.1) is 0 Å². The van der Waals surface area contributed by atoms with E-state index in [1.165, 1.54) is 5.56 Å². The van der Waals surface area contributed by atoms with Crippen molar-refractivity contribution in [2.45, 2.75) is 13.3 Å². The summed E-state index contributed by atoms with van der Waals surface area (Å²) in [5, 5.41) is 12.2. The van der Waals surface area contributed by atoms with Gasteiger partial charge in [-0.1, -0.05) is 61.5 Å². The zero-order chi connectivity index (χ0) is 19.6. The molecule has 6 nitrogen and oxygen atoms in total. The number of hydrazone groups is 2. The van der Waals surface area contributed by atoms with E-state index >= 15 is 0 Å². The summed E-state index contributed by atoms with van der Waals surface area (Å²) in [6, 6.07) is 17.8. The number of nitrogens with zero attached hydrogens (tertiary/aromatic N) is 2. The summed E-state index contributed by atoms with van der Waals surface area (Å²) in [7, 11) is 1.72. The first-order valence-corrected chi connectivity index (χ1v) is 9.20. The van der Waals surface area contributed by atoms with Crippen LogP contribution >= 0.6 is 24.4 Å². The van der Waals surface area contributed by atoms with Crippen molar-refractivity contribution in [2.24, 2.45) is 15.9 Å². The normalized spacial score (nSPS) is 11.6. The summed E-state index contributed by atoms with van der Waals surface area (Å²) in [5.41, 5.74) is 15.2. The number of nitrogens with two attached hydrogens (primary N) is 1. The average Bonchev–Trinajstić information content (AvgIpc) is 2.70. The van der Waals surface area contributed by atoms with Crippen LogP contribution in [0.3, 0.4) is 0 Å². The third-order valence-electron chi connectivity index (χ3n) is 3.68. The Bertz CT molecular complexity index is 844. The molecule has 2 rings (SSSR count). The second-order valence-corrected chi connectivity index (χ2v) is 6.35. The number of benzene rings is 2. The highest BCUT2D eigenvalue weighted by Gasteiger charge is 2.15. The van der Waals surface area contributed by atoms with Crippen LogP contribution in [0.4, 0.5) is 0 Å². The van der Waals surface area contributed by atoms with Gasteiger partial charge in [-0.3, -0.25) is 10.9 Å². The third-order valence-corrected chi connectivity index (χ3v) is 4.07. The minimum atomic E-state index is 0.0721. The van der Waals surface area contributed by atoms with E-state index in [1.807, 2.05) is 42.5 Å². The van der Waals surface area contributed by atoms with E-state index in [9.17, 15) is 0 Å². The topological polar surface area (TPSA) is 86.8 Å². The standard InChI is InChI=1S/C19H22N6S2/c1-3-13-9-11-15(12-10-13)17(23-25-19(27)21-2)16(22-24-18(20)26)14-7-5-4-6-8-14/h4-12H,3H2,1-2H3,(H3,20,24,26)(H2,21,25,27)/b22-16+,23-17+. The van der Waals surface area contributed by atoms with Gasteiger partial charge in [0.15, 0.2) is 10.2 Å². The van der Waals surface area contributed by atoms with Gasteiger partial charge in [-0.2, -0.15) is 10.2 Å². The molecule has 0 atom stereocenters. The summed E-state index contributed by atoms with van der Waals surface area (Å²) in [6.45, 7) is 2.11. The molecule has 0 bridgehead atoms. The lowest BCUT2D eigenvalue weighted by atomic mass is 9.98. The lowest BCUT2D eigenvalue weighted by Gasteiger charge is -2.13. The molecule has 0 aromatic heterocycles. The minimum Gasteiger partial charge on any atom is -0.375 e. The van der Waals surface area contributed by atoms with Crippen molar-refractivity contribution < 1.29 is 0 Å². The molecule has 0 fully saturated rings. The molecule has 0 unspecified atom stereocenters. The Morgan fingerprint density at radius 1 is 0.889 bits per heavy atom. The second-order valence-electron chi connectivity index (χ2n) is 5.50. The monoisotopic (exact) mass is 398 g/mol. The first-order chi connectivity index (χ1) is 13.0. The molecule has 0 aliphatic carbocycles. The Morgan fingerprint density at radius 2 is 1.44 bits per heavy atom. The van der Waals surface area contributed by atoms with Gasteiger partial charge in [0.1, 0.15) is 11.4 Å². The van der Waals surface area contributed by atoms with E-state index in [-0.39, 0.29) is 5.11 Å². The number of hydrogen-bond donors (Lipinski definition) is 4. The number of rotatable bonds is 6. The molecule has 140 valence electrons. The van der Waals surface area contributed by atoms with Crippen molar-refractivity contribution >= 4 is 46.1 Å². The van der Waals surface area contributed by atoms with Crippen LogP contribution < -0.4 is 21.9 Å². The van der Waals surface area contributed by atoms with Crippen LogP contribution in [0.2, 0.25) is 0 Å². The second kappa shape index (κ2) is 10.3. The Morgan fingerprint density at radius 3 is 1.96 bits per heavy atom. The smallest absolute Gasteiger partial charge is 0.186 e. The molecular weight excluding hydrogens is 376 g/mol. The quantitative estimate of drug-likeness (QED) is 0.339. The van der Waals surface area contributed by atoms with Crippen LogP contribution in [-0.2, 0) is 6.42 Å². The molecule has 2 aromatic carbocycles. The van der Waals surface area contributed by atoms with E-state index in [1.54, 1.807) is 7.05 Å². The molecule has 0 saturated carbocycles. The summed E-state index contributed by atoms with van der Waals surface area (Å²) in [6.07, 6.45) is 0.956. The van der Waals surface area contributed by atoms with E-state index < -0.39 is 0 Å². The number of thiocarbonyl (C=S) groups is 2. The van der Waals surface area contributed by atoms with Gasteiger partial charge in [0.25, 0.3) is 0 Å². The van der Waals surface area contributed by atoms with Gasteiger partial charge in [0.2, 0.25) is 0 Å². The van der Waals surface area contributed by atoms with E-state index in [0.29, 0.717) is 16.5 Å². The number of hydrogen-bond acceptors (Lipinski definition) is 4. The Hall–Kier alpha value is -2.84. The van der Waals surface area contributed by atoms with Crippen LogP contribution in [0.5, 0.6) is 0 Å². The summed E-state index contributed by atoms with van der Waals surface area (Å²) in [5.74, 6) is 0.